The van der Waals surface area contributed by atoms with Crippen LogP contribution in [0.25, 0.3) is 22.4 Å². The minimum atomic E-state index is -2.70. The lowest BCUT2D eigenvalue weighted by molar-refractivity contribution is -0.121. The zero-order valence-electron chi connectivity index (χ0n) is 18.7. The Bertz CT molecular complexity index is 1260. The van der Waals surface area contributed by atoms with Crippen molar-refractivity contribution >= 4 is 17.7 Å². The molecule has 2 aliphatic rings. The van der Waals surface area contributed by atoms with Crippen molar-refractivity contribution < 1.29 is 28.2 Å². The van der Waals surface area contributed by atoms with E-state index in [0.29, 0.717) is 11.3 Å². The van der Waals surface area contributed by atoms with Crippen LogP contribution in [0.3, 0.4) is 0 Å². The standard InChI is InChI=1S/C26H23F2N3O4/c27-21(28)14-31-20-13-19(16-5-2-1-3-6-16)23(29-24(20)35-15-22(31)32)17-7-9-18(10-8-17)26(11-4-12-26)30-25(33)34/h1-3,5-10,13,21,30H,4,11-12,14-15H2,(H,33,34). The lowest BCUT2D eigenvalue weighted by Crippen LogP contribution is -2.50. The van der Waals surface area contributed by atoms with Gasteiger partial charge in [-0.05, 0) is 36.5 Å². The van der Waals surface area contributed by atoms with Crippen molar-refractivity contribution in [3.8, 4) is 28.3 Å². The second-order valence-corrected chi connectivity index (χ2v) is 8.70. The molecule has 1 aliphatic carbocycles. The molecule has 0 unspecified atom stereocenters. The molecule has 5 rings (SSSR count). The van der Waals surface area contributed by atoms with Crippen LogP contribution in [0, 0.1) is 0 Å². The van der Waals surface area contributed by atoms with Crippen LogP contribution < -0.4 is 15.0 Å². The number of rotatable bonds is 6. The number of hydrogen-bond acceptors (Lipinski definition) is 4. The molecule has 2 N–H and O–H groups in total. The number of nitrogens with zero attached hydrogens (tertiary/aromatic N) is 2. The number of halogens is 2. The van der Waals surface area contributed by atoms with Gasteiger partial charge in [0.2, 0.25) is 5.88 Å². The molecular formula is C26H23F2N3O4. The summed E-state index contributed by atoms with van der Waals surface area (Å²) in [6.07, 6.45) is -1.36. The molecule has 0 spiro atoms. The number of amides is 2. The molecule has 7 nitrogen and oxygen atoms in total. The zero-order chi connectivity index (χ0) is 24.6. The van der Waals surface area contributed by atoms with E-state index in [1.54, 1.807) is 6.07 Å². The molecule has 0 bridgehead atoms. The quantitative estimate of drug-likeness (QED) is 0.516. The van der Waals surface area contributed by atoms with Crippen LogP contribution in [-0.4, -0.2) is 41.7 Å². The monoisotopic (exact) mass is 479 g/mol. The van der Waals surface area contributed by atoms with Gasteiger partial charge in [-0.15, -0.1) is 0 Å². The highest BCUT2D eigenvalue weighted by atomic mass is 19.3. The lowest BCUT2D eigenvalue weighted by atomic mass is 9.71. The summed E-state index contributed by atoms with van der Waals surface area (Å²) in [6, 6.07) is 18.5. The van der Waals surface area contributed by atoms with E-state index in [2.05, 4.69) is 10.3 Å². The maximum Gasteiger partial charge on any atom is 0.405 e. The first-order valence-electron chi connectivity index (χ1n) is 11.3. The Morgan fingerprint density at radius 3 is 2.43 bits per heavy atom. The van der Waals surface area contributed by atoms with Gasteiger partial charge >= 0.3 is 6.09 Å². The molecule has 3 aromatic rings. The molecule has 0 atom stereocenters. The highest BCUT2D eigenvalue weighted by Gasteiger charge is 2.40. The lowest BCUT2D eigenvalue weighted by Gasteiger charge is -2.42. The number of ether oxygens (including phenoxy) is 1. The second kappa shape index (κ2) is 8.98. The third-order valence-electron chi connectivity index (χ3n) is 6.56. The number of benzene rings is 2. The van der Waals surface area contributed by atoms with Crippen LogP contribution in [-0.2, 0) is 10.3 Å². The van der Waals surface area contributed by atoms with Crippen molar-refractivity contribution in [2.75, 3.05) is 18.1 Å². The van der Waals surface area contributed by atoms with E-state index < -0.39 is 30.5 Å². The second-order valence-electron chi connectivity index (χ2n) is 8.70. The van der Waals surface area contributed by atoms with Gasteiger partial charge < -0.3 is 15.2 Å². The first kappa shape index (κ1) is 22.8. The molecule has 9 heteroatoms. The predicted molar refractivity (Wildman–Crippen MR) is 126 cm³/mol. The minimum absolute atomic E-state index is 0.118. The number of anilines is 1. The van der Waals surface area contributed by atoms with Crippen LogP contribution >= 0.6 is 0 Å². The molecule has 1 saturated carbocycles. The molecule has 1 aliphatic heterocycles. The number of aromatic nitrogens is 1. The highest BCUT2D eigenvalue weighted by Crippen LogP contribution is 2.43. The smallest absolute Gasteiger partial charge is 0.405 e. The third-order valence-corrected chi connectivity index (χ3v) is 6.56. The van der Waals surface area contributed by atoms with E-state index in [9.17, 15) is 23.5 Å². The molecule has 2 amide bonds. The number of carbonyl (C=O) groups excluding carboxylic acids is 1. The average molecular weight is 479 g/mol. The summed E-state index contributed by atoms with van der Waals surface area (Å²) in [7, 11) is 0. The maximum atomic E-state index is 13.2. The van der Waals surface area contributed by atoms with Crippen molar-refractivity contribution in [1.82, 2.24) is 10.3 Å². The molecule has 1 aromatic heterocycles. The Morgan fingerprint density at radius 2 is 1.83 bits per heavy atom. The SMILES string of the molecule is O=C(O)NC1(c2ccc(-c3nc4c(cc3-c3ccccc3)N(CC(F)F)C(=O)CO4)cc2)CCC1. The Kier molecular flexibility index (Phi) is 5.84. The Balaban J connectivity index is 1.60. The van der Waals surface area contributed by atoms with Gasteiger partial charge in [0.1, 0.15) is 5.69 Å². The van der Waals surface area contributed by atoms with Gasteiger partial charge in [0.15, 0.2) is 6.61 Å². The van der Waals surface area contributed by atoms with Crippen molar-refractivity contribution in [3.05, 3.63) is 66.2 Å². The first-order valence-corrected chi connectivity index (χ1v) is 11.3. The molecule has 0 radical (unpaired) electrons. The average Bonchev–Trinajstić information content (AvgIpc) is 2.83. The summed E-state index contributed by atoms with van der Waals surface area (Å²) in [5.41, 5.74) is 3.29. The van der Waals surface area contributed by atoms with Gasteiger partial charge in [0.05, 0.1) is 17.8 Å². The van der Waals surface area contributed by atoms with Crippen LogP contribution in [0.15, 0.2) is 60.7 Å². The van der Waals surface area contributed by atoms with E-state index >= 15 is 0 Å². The van der Waals surface area contributed by atoms with Crippen LogP contribution in [0.1, 0.15) is 24.8 Å². The number of fused-ring (bicyclic) bond motifs is 1. The summed E-state index contributed by atoms with van der Waals surface area (Å²) in [5.74, 6) is -0.431. The summed E-state index contributed by atoms with van der Waals surface area (Å²) in [4.78, 5) is 29.3. The number of alkyl halides is 2. The van der Waals surface area contributed by atoms with Gasteiger partial charge in [-0.25, -0.2) is 18.6 Å². The molecule has 35 heavy (non-hydrogen) atoms. The fourth-order valence-electron chi connectivity index (χ4n) is 4.69. The molecule has 180 valence electrons. The van der Waals surface area contributed by atoms with Gasteiger partial charge in [0, 0.05) is 11.1 Å². The first-order chi connectivity index (χ1) is 16.9. The van der Waals surface area contributed by atoms with E-state index in [0.717, 1.165) is 40.9 Å². The number of carbonyl (C=O) groups is 2. The van der Waals surface area contributed by atoms with Gasteiger partial charge in [-0.3, -0.25) is 9.69 Å². The topological polar surface area (TPSA) is 91.8 Å². The molecule has 1 fully saturated rings. The largest absolute Gasteiger partial charge is 0.466 e. The van der Waals surface area contributed by atoms with Gasteiger partial charge in [0.25, 0.3) is 12.3 Å². The van der Waals surface area contributed by atoms with Crippen LogP contribution in [0.5, 0.6) is 5.88 Å². The number of pyridine rings is 1. The highest BCUT2D eigenvalue weighted by molar-refractivity contribution is 5.99. The van der Waals surface area contributed by atoms with Crippen LogP contribution in [0.4, 0.5) is 19.3 Å². The fraction of sp³-hybridized carbons (Fsp3) is 0.269. The van der Waals surface area contributed by atoms with Crippen molar-refractivity contribution in [2.45, 2.75) is 31.2 Å². The molecule has 2 heterocycles. The molecular weight excluding hydrogens is 456 g/mol. The van der Waals surface area contributed by atoms with E-state index in [1.807, 2.05) is 54.6 Å². The summed E-state index contributed by atoms with van der Waals surface area (Å²) >= 11 is 0. The predicted octanol–water partition coefficient (Wildman–Crippen LogP) is 5.05. The fourth-order valence-corrected chi connectivity index (χ4v) is 4.69. The number of carboxylic acid groups (broad SMARTS) is 1. The Labute approximate surface area is 200 Å². The Morgan fingerprint density at radius 1 is 1.11 bits per heavy atom. The number of hydrogen-bond donors (Lipinski definition) is 2. The summed E-state index contributed by atoms with van der Waals surface area (Å²) in [6.45, 7) is -1.10. The third kappa shape index (κ3) is 4.29. The normalized spacial score (nSPS) is 16.3. The van der Waals surface area contributed by atoms with Crippen molar-refractivity contribution in [3.63, 3.8) is 0 Å². The van der Waals surface area contributed by atoms with Crippen molar-refractivity contribution in [2.24, 2.45) is 0 Å². The Hall–Kier alpha value is -4.01. The van der Waals surface area contributed by atoms with E-state index in [4.69, 9.17) is 4.74 Å². The number of nitrogens with one attached hydrogen (secondary N) is 1. The maximum absolute atomic E-state index is 13.2. The van der Waals surface area contributed by atoms with Gasteiger partial charge in [-0.1, -0.05) is 54.6 Å². The molecule has 2 aromatic carbocycles. The summed E-state index contributed by atoms with van der Waals surface area (Å²) in [5, 5.41) is 11.9. The minimum Gasteiger partial charge on any atom is -0.466 e. The van der Waals surface area contributed by atoms with E-state index in [1.165, 1.54) is 0 Å². The van der Waals surface area contributed by atoms with Gasteiger partial charge in [-0.2, -0.15) is 0 Å². The zero-order valence-corrected chi connectivity index (χ0v) is 18.7. The van der Waals surface area contributed by atoms with Crippen molar-refractivity contribution in [1.29, 1.82) is 0 Å². The molecule has 0 saturated heterocycles. The van der Waals surface area contributed by atoms with E-state index in [-0.39, 0.29) is 18.2 Å². The van der Waals surface area contributed by atoms with Crippen LogP contribution in [0.2, 0.25) is 0 Å². The summed E-state index contributed by atoms with van der Waals surface area (Å²) < 4.78 is 31.9.